The van der Waals surface area contributed by atoms with E-state index in [0.29, 0.717) is 34.9 Å². The largest absolute Gasteiger partial charge is 0.497 e. The molecule has 0 aliphatic rings. The van der Waals surface area contributed by atoms with Crippen LogP contribution in [-0.4, -0.2) is 44.1 Å². The monoisotopic (exact) mass is 842 g/mol. The Balaban J connectivity index is 0.953. The summed E-state index contributed by atoms with van der Waals surface area (Å²) in [6.45, 7) is 0. The third-order valence-corrected chi connectivity index (χ3v) is 11.4. The van der Waals surface area contributed by atoms with Gasteiger partial charge >= 0.3 is 0 Å². The van der Waals surface area contributed by atoms with Crippen LogP contribution in [-0.2, 0) is 0 Å². The summed E-state index contributed by atoms with van der Waals surface area (Å²) in [4.78, 5) is 29.7. The number of hydrogen-bond acceptors (Lipinski definition) is 9. The summed E-state index contributed by atoms with van der Waals surface area (Å²) in [6, 6.07) is 64.8. The summed E-state index contributed by atoms with van der Waals surface area (Å²) in [5, 5.41) is 2.03. The number of hydrogen-bond donors (Lipinski definition) is 0. The summed E-state index contributed by atoms with van der Waals surface area (Å²) < 4.78 is 17.2. The van der Waals surface area contributed by atoms with Crippen molar-refractivity contribution in [3.05, 3.63) is 194 Å². The Morgan fingerprint density at radius 1 is 0.277 bits per heavy atom. The third-order valence-electron chi connectivity index (χ3n) is 11.4. The molecular weight excluding hydrogens is 805 g/mol. The molecule has 0 amide bonds. The predicted molar refractivity (Wildman–Crippen MR) is 257 cm³/mol. The van der Waals surface area contributed by atoms with Crippen molar-refractivity contribution in [1.29, 1.82) is 0 Å². The smallest absolute Gasteiger partial charge is 0.164 e. The first-order valence-corrected chi connectivity index (χ1v) is 21.1. The van der Waals surface area contributed by atoms with Crippen LogP contribution in [0.3, 0.4) is 0 Å². The van der Waals surface area contributed by atoms with Crippen LogP contribution >= 0.6 is 0 Å². The van der Waals surface area contributed by atoms with Gasteiger partial charge in [-0.05, 0) is 107 Å². The second-order valence-corrected chi connectivity index (χ2v) is 15.5. The van der Waals surface area contributed by atoms with Crippen LogP contribution in [0.5, 0.6) is 11.5 Å². The molecule has 0 fully saturated rings. The van der Waals surface area contributed by atoms with Crippen LogP contribution in [0.15, 0.2) is 199 Å². The first-order chi connectivity index (χ1) is 32.0. The second-order valence-electron chi connectivity index (χ2n) is 15.5. The van der Waals surface area contributed by atoms with Gasteiger partial charge in [-0.15, -0.1) is 0 Å². The maximum Gasteiger partial charge on any atom is 0.164 e. The van der Waals surface area contributed by atoms with E-state index in [-0.39, 0.29) is 0 Å². The SMILES string of the molecule is COc1ccc(-c2nc(-c3ccccc3)nc(-c3cccc(-c4ccc5oc6ccc(-c7cccc(-c8nc(-c9ccccc9)nc(-c9ccc(OC)cc9)n8)c7)cc6c5c4)c3)n2)cc1. The molecule has 3 heterocycles. The van der Waals surface area contributed by atoms with Gasteiger partial charge in [0, 0.05) is 44.2 Å². The van der Waals surface area contributed by atoms with Crippen LogP contribution in [0.4, 0.5) is 0 Å². The molecule has 0 aliphatic carbocycles. The van der Waals surface area contributed by atoms with Gasteiger partial charge in [0.25, 0.3) is 0 Å². The Hall–Kier alpha value is -8.82. The molecule has 65 heavy (non-hydrogen) atoms. The number of methoxy groups -OCH3 is 2. The molecule has 0 aliphatic heterocycles. The van der Waals surface area contributed by atoms with Crippen LogP contribution in [0.2, 0.25) is 0 Å². The topological polar surface area (TPSA) is 109 Å². The summed E-state index contributed by atoms with van der Waals surface area (Å²) in [5.41, 5.74) is 11.1. The number of rotatable bonds is 10. The average Bonchev–Trinajstić information content (AvgIpc) is 3.76. The van der Waals surface area contributed by atoms with Crippen molar-refractivity contribution in [2.45, 2.75) is 0 Å². The zero-order valence-electron chi connectivity index (χ0n) is 35.4. The molecule has 0 spiro atoms. The maximum absolute atomic E-state index is 6.40. The fraction of sp³-hybridized carbons (Fsp3) is 0.0357. The lowest BCUT2D eigenvalue weighted by atomic mass is 9.98. The van der Waals surface area contributed by atoms with Gasteiger partial charge in [0.2, 0.25) is 0 Å². The highest BCUT2D eigenvalue weighted by atomic mass is 16.5. The van der Waals surface area contributed by atoms with Gasteiger partial charge in [-0.1, -0.05) is 109 Å². The van der Waals surface area contributed by atoms with Gasteiger partial charge in [0.15, 0.2) is 34.9 Å². The van der Waals surface area contributed by atoms with Crippen molar-refractivity contribution >= 4 is 21.9 Å². The summed E-state index contributed by atoms with van der Waals surface area (Å²) >= 11 is 0. The van der Waals surface area contributed by atoms with E-state index in [1.165, 1.54) is 0 Å². The minimum absolute atomic E-state index is 0.582. The molecular formula is C56H38N6O3. The van der Waals surface area contributed by atoms with Crippen LogP contribution < -0.4 is 9.47 Å². The number of furan rings is 1. The number of aromatic nitrogens is 6. The van der Waals surface area contributed by atoms with Crippen LogP contribution in [0.25, 0.3) is 113 Å². The molecule has 11 rings (SSSR count). The molecule has 0 saturated carbocycles. The molecule has 3 aromatic heterocycles. The van der Waals surface area contributed by atoms with Crippen molar-refractivity contribution in [2.75, 3.05) is 14.2 Å². The molecule has 0 N–H and O–H groups in total. The lowest BCUT2D eigenvalue weighted by Crippen LogP contribution is -2.00. The van der Waals surface area contributed by atoms with E-state index in [2.05, 4.69) is 48.5 Å². The molecule has 0 atom stereocenters. The van der Waals surface area contributed by atoms with Crippen LogP contribution in [0.1, 0.15) is 0 Å². The normalized spacial score (nSPS) is 11.2. The molecule has 0 saturated heterocycles. The van der Waals surface area contributed by atoms with Gasteiger partial charge in [0.05, 0.1) is 14.2 Å². The van der Waals surface area contributed by atoms with Crippen molar-refractivity contribution < 1.29 is 13.9 Å². The zero-order valence-corrected chi connectivity index (χ0v) is 35.4. The summed E-state index contributed by atoms with van der Waals surface area (Å²) in [6.07, 6.45) is 0. The summed E-state index contributed by atoms with van der Waals surface area (Å²) in [5.74, 6) is 5.06. The predicted octanol–water partition coefficient (Wildman–Crippen LogP) is 13.3. The van der Waals surface area contributed by atoms with Crippen molar-refractivity contribution in [2.24, 2.45) is 0 Å². The Bertz CT molecular complexity index is 3270. The Labute approximate surface area is 374 Å². The first-order valence-electron chi connectivity index (χ1n) is 21.1. The Morgan fingerprint density at radius 3 is 0.938 bits per heavy atom. The first kappa shape index (κ1) is 39.1. The molecule has 0 radical (unpaired) electrons. The maximum atomic E-state index is 6.40. The van der Waals surface area contributed by atoms with E-state index in [0.717, 1.165) is 89.1 Å². The van der Waals surface area contributed by atoms with Crippen LogP contribution in [0, 0.1) is 0 Å². The van der Waals surface area contributed by atoms with Gasteiger partial charge in [0.1, 0.15) is 22.7 Å². The van der Waals surface area contributed by atoms with E-state index in [9.17, 15) is 0 Å². The standard InChI is InChI=1S/C56H38N6O3/c1-63-45-25-19-37(20-26-45)53-57-51(35-11-5-3-6-12-35)59-55(61-53)43-17-9-15-39(31-43)41-23-29-49-47(33-41)48-34-42(24-30-50(48)65-49)40-16-10-18-44(32-40)56-60-52(36-13-7-4-8-14-36)58-54(62-56)38-21-27-46(64-2)28-22-38/h3-34H,1-2H3. The van der Waals surface area contributed by atoms with E-state index < -0.39 is 0 Å². The van der Waals surface area contributed by atoms with Crippen molar-refractivity contribution in [3.8, 4) is 102 Å². The molecule has 0 bridgehead atoms. The van der Waals surface area contributed by atoms with E-state index in [1.54, 1.807) is 14.2 Å². The number of fused-ring (bicyclic) bond motifs is 3. The van der Waals surface area contributed by atoms with Crippen molar-refractivity contribution in [1.82, 2.24) is 29.9 Å². The molecule has 310 valence electrons. The Kier molecular flexibility index (Phi) is 10.1. The molecule has 11 aromatic rings. The lowest BCUT2D eigenvalue weighted by Gasteiger charge is -2.10. The number of benzene rings is 8. The molecule has 9 nitrogen and oxygen atoms in total. The lowest BCUT2D eigenvalue weighted by molar-refractivity contribution is 0.414. The molecule has 9 heteroatoms. The van der Waals surface area contributed by atoms with Gasteiger partial charge in [-0.3, -0.25) is 0 Å². The van der Waals surface area contributed by atoms with Gasteiger partial charge in [-0.2, -0.15) is 0 Å². The van der Waals surface area contributed by atoms with Gasteiger partial charge in [-0.25, -0.2) is 29.9 Å². The quantitative estimate of drug-likeness (QED) is 0.133. The van der Waals surface area contributed by atoms with E-state index >= 15 is 0 Å². The highest BCUT2D eigenvalue weighted by molar-refractivity contribution is 6.07. The number of nitrogens with zero attached hydrogens (tertiary/aromatic N) is 6. The molecule has 8 aromatic carbocycles. The second kappa shape index (κ2) is 16.8. The fourth-order valence-electron chi connectivity index (χ4n) is 7.99. The molecule has 0 unspecified atom stereocenters. The number of ether oxygens (including phenoxy) is 2. The average molecular weight is 843 g/mol. The zero-order chi connectivity index (χ0) is 43.7. The fourth-order valence-corrected chi connectivity index (χ4v) is 7.99. The highest BCUT2D eigenvalue weighted by Gasteiger charge is 2.17. The van der Waals surface area contributed by atoms with E-state index in [4.69, 9.17) is 43.8 Å². The summed E-state index contributed by atoms with van der Waals surface area (Å²) in [7, 11) is 3.31. The highest BCUT2D eigenvalue weighted by Crippen LogP contribution is 2.37. The minimum atomic E-state index is 0.582. The van der Waals surface area contributed by atoms with Crippen molar-refractivity contribution in [3.63, 3.8) is 0 Å². The van der Waals surface area contributed by atoms with E-state index in [1.807, 2.05) is 146 Å². The Morgan fingerprint density at radius 2 is 0.569 bits per heavy atom. The van der Waals surface area contributed by atoms with Gasteiger partial charge < -0.3 is 13.9 Å². The minimum Gasteiger partial charge on any atom is -0.497 e. The third kappa shape index (κ3) is 7.83.